The Morgan fingerprint density at radius 3 is 1.57 bits per heavy atom. The van der Waals surface area contributed by atoms with Crippen molar-refractivity contribution in [3.63, 3.8) is 0 Å². The molecule has 0 atom stereocenters. The van der Waals surface area contributed by atoms with Crippen LogP contribution in [0.1, 0.15) is 45.7 Å². The van der Waals surface area contributed by atoms with E-state index in [0.29, 0.717) is 0 Å². The van der Waals surface area contributed by atoms with E-state index in [1.165, 1.54) is 19.2 Å². The SMILES string of the molecule is CCOC(=O)c1cc([N+](=O)[O-])cc([N+](=O)[O-])c1/C=C/N(C)C.CCOC(=O)c1cc([N+](=O)[O-])cc([N+](=O)[O-])c1C. The molecule has 0 aliphatic heterocycles. The van der Waals surface area contributed by atoms with Gasteiger partial charge in [0.2, 0.25) is 0 Å². The van der Waals surface area contributed by atoms with Gasteiger partial charge in [0.05, 0.1) is 61.7 Å². The molecule has 0 amide bonds. The van der Waals surface area contributed by atoms with Crippen molar-refractivity contribution in [2.45, 2.75) is 20.8 Å². The highest BCUT2D eigenvalue weighted by molar-refractivity contribution is 5.96. The van der Waals surface area contributed by atoms with Crippen LogP contribution in [-0.4, -0.2) is 63.8 Å². The van der Waals surface area contributed by atoms with Crippen molar-refractivity contribution in [1.29, 1.82) is 0 Å². The highest BCUT2D eigenvalue weighted by atomic mass is 16.6. The van der Waals surface area contributed by atoms with Crippen LogP contribution < -0.4 is 0 Å². The summed E-state index contributed by atoms with van der Waals surface area (Å²) in [6.45, 7) is 4.60. The molecule has 214 valence electrons. The van der Waals surface area contributed by atoms with Gasteiger partial charge in [0, 0.05) is 31.8 Å². The van der Waals surface area contributed by atoms with E-state index in [9.17, 15) is 50.0 Å². The Morgan fingerprint density at radius 1 is 0.750 bits per heavy atom. The lowest BCUT2D eigenvalue weighted by Crippen LogP contribution is -2.10. The first-order valence-electron chi connectivity index (χ1n) is 11.2. The van der Waals surface area contributed by atoms with E-state index in [4.69, 9.17) is 9.47 Å². The fraction of sp³-hybridized carbons (Fsp3) is 0.304. The minimum absolute atomic E-state index is 0.0391. The maximum Gasteiger partial charge on any atom is 0.339 e. The summed E-state index contributed by atoms with van der Waals surface area (Å²) in [5, 5.41) is 43.5. The van der Waals surface area contributed by atoms with Crippen LogP contribution >= 0.6 is 0 Å². The summed E-state index contributed by atoms with van der Waals surface area (Å²) in [7, 11) is 3.38. The maximum atomic E-state index is 11.9. The Balaban J connectivity index is 0.000000408. The molecular weight excluding hydrogens is 538 g/mol. The van der Waals surface area contributed by atoms with Crippen LogP contribution in [0.25, 0.3) is 6.08 Å². The van der Waals surface area contributed by atoms with Crippen LogP contribution in [0.2, 0.25) is 0 Å². The second-order valence-corrected chi connectivity index (χ2v) is 7.81. The summed E-state index contributed by atoms with van der Waals surface area (Å²) < 4.78 is 9.51. The van der Waals surface area contributed by atoms with E-state index < -0.39 is 54.4 Å². The minimum Gasteiger partial charge on any atom is -0.462 e. The lowest BCUT2D eigenvalue weighted by atomic mass is 10.0. The van der Waals surface area contributed by atoms with E-state index in [0.717, 1.165) is 24.3 Å². The van der Waals surface area contributed by atoms with Gasteiger partial charge in [-0.2, -0.15) is 0 Å². The number of rotatable bonds is 10. The summed E-state index contributed by atoms with van der Waals surface area (Å²) in [6.07, 6.45) is 2.84. The second-order valence-electron chi connectivity index (χ2n) is 7.81. The molecule has 17 nitrogen and oxygen atoms in total. The molecule has 0 bridgehead atoms. The number of non-ortho nitro benzene ring substituents is 2. The van der Waals surface area contributed by atoms with Gasteiger partial charge >= 0.3 is 11.9 Å². The molecule has 0 aliphatic carbocycles. The molecule has 2 rings (SSSR count). The first-order valence-corrected chi connectivity index (χ1v) is 11.2. The fourth-order valence-corrected chi connectivity index (χ4v) is 3.06. The zero-order chi connectivity index (χ0) is 30.7. The average molecular weight is 563 g/mol. The molecule has 0 heterocycles. The number of carbonyl (C=O) groups excluding carboxylic acids is 2. The Kier molecular flexibility index (Phi) is 11.8. The number of ether oxygens (including phenoxy) is 2. The Hall–Kier alpha value is -5.48. The quantitative estimate of drug-likeness (QED) is 0.224. The van der Waals surface area contributed by atoms with Gasteiger partial charge in [-0.05, 0) is 33.0 Å². The smallest absolute Gasteiger partial charge is 0.339 e. The van der Waals surface area contributed by atoms with E-state index in [2.05, 4.69) is 0 Å². The van der Waals surface area contributed by atoms with E-state index in [1.54, 1.807) is 32.8 Å². The molecule has 0 unspecified atom stereocenters. The topological polar surface area (TPSA) is 228 Å². The molecule has 0 spiro atoms. The molecule has 17 heteroatoms. The van der Waals surface area contributed by atoms with Gasteiger partial charge < -0.3 is 14.4 Å². The highest BCUT2D eigenvalue weighted by Crippen LogP contribution is 2.31. The van der Waals surface area contributed by atoms with Gasteiger partial charge in [-0.3, -0.25) is 40.5 Å². The van der Waals surface area contributed by atoms with Crippen LogP contribution in [-0.2, 0) is 9.47 Å². The third kappa shape index (κ3) is 8.54. The summed E-state index contributed by atoms with van der Waals surface area (Å²) in [4.78, 5) is 65.4. The number of benzene rings is 2. The Labute approximate surface area is 226 Å². The number of nitrogens with zero attached hydrogens (tertiary/aromatic N) is 5. The lowest BCUT2D eigenvalue weighted by molar-refractivity contribution is -0.394. The Morgan fingerprint density at radius 2 is 1.18 bits per heavy atom. The third-order valence-electron chi connectivity index (χ3n) is 4.85. The standard InChI is InChI=1S/C13H15N3O6.C10H10N2O6/c1-4-22-13(17)11-7-9(15(18)19)8-12(16(20)21)10(11)5-6-14(2)3;1-3-18-10(13)8-4-7(11(14)15)5-9(6(8)2)12(16)17/h5-8H,4H2,1-3H3;4-5H,3H2,1-2H3/b6-5+;. The molecule has 2 aromatic carbocycles. The van der Waals surface area contributed by atoms with Crippen molar-refractivity contribution in [2.24, 2.45) is 0 Å². The van der Waals surface area contributed by atoms with Gasteiger partial charge in [0.15, 0.2) is 0 Å². The second kappa shape index (κ2) is 14.5. The molecule has 40 heavy (non-hydrogen) atoms. The molecule has 0 saturated heterocycles. The van der Waals surface area contributed by atoms with E-state index in [-0.39, 0.29) is 35.5 Å². The molecular formula is C23H25N5O12. The maximum absolute atomic E-state index is 11.9. The summed E-state index contributed by atoms with van der Waals surface area (Å²) in [6, 6.07) is 3.58. The van der Waals surface area contributed by atoms with Crippen molar-refractivity contribution in [2.75, 3.05) is 27.3 Å². The minimum atomic E-state index is -0.854. The van der Waals surface area contributed by atoms with Crippen molar-refractivity contribution >= 4 is 40.8 Å². The first kappa shape index (κ1) is 32.5. The molecule has 0 radical (unpaired) electrons. The summed E-state index contributed by atoms with van der Waals surface area (Å²) in [5.74, 6) is -1.67. The van der Waals surface area contributed by atoms with E-state index >= 15 is 0 Å². The number of carbonyl (C=O) groups is 2. The average Bonchev–Trinajstić information content (AvgIpc) is 2.87. The van der Waals surface area contributed by atoms with Crippen LogP contribution in [0, 0.1) is 47.4 Å². The lowest BCUT2D eigenvalue weighted by Gasteiger charge is -2.08. The molecule has 0 N–H and O–H groups in total. The molecule has 2 aromatic rings. The molecule has 0 aromatic heterocycles. The zero-order valence-corrected chi connectivity index (χ0v) is 22.0. The predicted molar refractivity (Wildman–Crippen MR) is 139 cm³/mol. The van der Waals surface area contributed by atoms with Crippen molar-refractivity contribution in [3.05, 3.63) is 93.2 Å². The highest BCUT2D eigenvalue weighted by Gasteiger charge is 2.27. The van der Waals surface area contributed by atoms with Gasteiger partial charge in [-0.15, -0.1) is 0 Å². The van der Waals surface area contributed by atoms with Gasteiger partial charge in [0.1, 0.15) is 0 Å². The Bertz CT molecular complexity index is 1370. The summed E-state index contributed by atoms with van der Waals surface area (Å²) >= 11 is 0. The van der Waals surface area contributed by atoms with Crippen LogP contribution in [0.5, 0.6) is 0 Å². The number of hydrogen-bond acceptors (Lipinski definition) is 13. The van der Waals surface area contributed by atoms with Gasteiger partial charge in [0.25, 0.3) is 22.7 Å². The van der Waals surface area contributed by atoms with Crippen molar-refractivity contribution in [1.82, 2.24) is 4.90 Å². The summed E-state index contributed by atoms with van der Waals surface area (Å²) in [5.41, 5.74) is -2.46. The number of hydrogen-bond donors (Lipinski definition) is 0. The fourth-order valence-electron chi connectivity index (χ4n) is 3.06. The monoisotopic (exact) mass is 563 g/mol. The van der Waals surface area contributed by atoms with Gasteiger partial charge in [-0.1, -0.05) is 0 Å². The zero-order valence-electron chi connectivity index (χ0n) is 22.0. The predicted octanol–water partition coefficient (Wildman–Crippen LogP) is 4.20. The number of nitro groups is 4. The van der Waals surface area contributed by atoms with Crippen LogP contribution in [0.3, 0.4) is 0 Å². The largest absolute Gasteiger partial charge is 0.462 e. The van der Waals surface area contributed by atoms with Gasteiger partial charge in [-0.25, -0.2) is 9.59 Å². The number of esters is 2. The molecule has 0 saturated carbocycles. The first-order chi connectivity index (χ1) is 18.7. The van der Waals surface area contributed by atoms with Crippen LogP contribution in [0.4, 0.5) is 22.7 Å². The number of nitro benzene ring substituents is 4. The molecule has 0 aliphatic rings. The van der Waals surface area contributed by atoms with Crippen LogP contribution in [0.15, 0.2) is 30.5 Å². The van der Waals surface area contributed by atoms with Crippen molar-refractivity contribution < 1.29 is 38.8 Å². The normalized spacial score (nSPS) is 10.2. The molecule has 0 fully saturated rings. The van der Waals surface area contributed by atoms with Crippen molar-refractivity contribution in [3.8, 4) is 0 Å². The third-order valence-corrected chi connectivity index (χ3v) is 4.85. The van der Waals surface area contributed by atoms with E-state index in [1.807, 2.05) is 0 Å².